The third-order valence-corrected chi connectivity index (χ3v) is 3.66. The second-order valence-corrected chi connectivity index (χ2v) is 5.42. The van der Waals surface area contributed by atoms with Crippen LogP contribution < -0.4 is 10.1 Å². The summed E-state index contributed by atoms with van der Waals surface area (Å²) in [6.07, 6.45) is 4.55. The van der Waals surface area contributed by atoms with Gasteiger partial charge in [-0.25, -0.2) is 4.98 Å². The molecule has 3 aromatic rings. The van der Waals surface area contributed by atoms with E-state index in [1.807, 2.05) is 60.1 Å². The maximum absolute atomic E-state index is 12.1. The molecule has 118 valence electrons. The Labute approximate surface area is 134 Å². The van der Waals surface area contributed by atoms with E-state index < -0.39 is 0 Å². The summed E-state index contributed by atoms with van der Waals surface area (Å²) in [5.41, 5.74) is 3.46. The number of hydrogen-bond acceptors (Lipinski definition) is 3. The number of aromatic nitrogens is 2. The summed E-state index contributed by atoms with van der Waals surface area (Å²) in [6, 6.07) is 11.4. The Bertz CT molecular complexity index is 839. The number of methoxy groups -OCH3 is 1. The van der Waals surface area contributed by atoms with Gasteiger partial charge in [-0.1, -0.05) is 17.7 Å². The molecule has 0 aliphatic carbocycles. The van der Waals surface area contributed by atoms with Crippen LogP contribution in [0.25, 0.3) is 5.65 Å². The first-order valence-corrected chi connectivity index (χ1v) is 7.53. The standard InChI is InChI=1S/C18H19N3O2/c1-13-5-3-6-14(11-13)18(22)19-9-8-15-12-21-10-4-7-16(23-2)17(21)20-15/h3-7,10-12H,8-9H2,1-2H3,(H,19,22). The predicted octanol–water partition coefficient (Wildman–Crippen LogP) is 2.62. The third-order valence-electron chi connectivity index (χ3n) is 3.66. The van der Waals surface area contributed by atoms with E-state index in [1.165, 1.54) is 0 Å². The Balaban J connectivity index is 1.64. The number of ether oxygens (including phenoxy) is 1. The summed E-state index contributed by atoms with van der Waals surface area (Å²) in [6.45, 7) is 2.51. The minimum atomic E-state index is -0.0601. The second-order valence-electron chi connectivity index (χ2n) is 5.42. The number of rotatable bonds is 5. The van der Waals surface area contributed by atoms with Crippen LogP contribution in [0.1, 0.15) is 21.6 Å². The number of hydrogen-bond donors (Lipinski definition) is 1. The summed E-state index contributed by atoms with van der Waals surface area (Å²) in [4.78, 5) is 16.7. The van der Waals surface area contributed by atoms with Crippen LogP contribution >= 0.6 is 0 Å². The maximum Gasteiger partial charge on any atom is 0.251 e. The summed E-state index contributed by atoms with van der Waals surface area (Å²) in [7, 11) is 1.63. The summed E-state index contributed by atoms with van der Waals surface area (Å²) >= 11 is 0. The number of amides is 1. The lowest BCUT2D eigenvalue weighted by Crippen LogP contribution is -2.25. The first kappa shape index (κ1) is 15.1. The monoisotopic (exact) mass is 309 g/mol. The molecule has 0 radical (unpaired) electrons. The van der Waals surface area contributed by atoms with Crippen molar-refractivity contribution in [1.29, 1.82) is 0 Å². The van der Waals surface area contributed by atoms with Gasteiger partial charge in [-0.15, -0.1) is 0 Å². The molecule has 0 unspecified atom stereocenters. The molecule has 0 bridgehead atoms. The van der Waals surface area contributed by atoms with Crippen LogP contribution in [-0.2, 0) is 6.42 Å². The molecule has 0 saturated carbocycles. The van der Waals surface area contributed by atoms with Crippen LogP contribution in [0.5, 0.6) is 5.75 Å². The quantitative estimate of drug-likeness (QED) is 0.788. The Kier molecular flexibility index (Phi) is 4.28. The van der Waals surface area contributed by atoms with Crippen molar-refractivity contribution in [2.45, 2.75) is 13.3 Å². The lowest BCUT2D eigenvalue weighted by atomic mass is 10.1. The SMILES string of the molecule is COc1cccn2cc(CCNC(=O)c3cccc(C)c3)nc12. The van der Waals surface area contributed by atoms with Gasteiger partial charge in [-0.3, -0.25) is 4.79 Å². The minimum Gasteiger partial charge on any atom is -0.493 e. The molecule has 3 rings (SSSR count). The van der Waals surface area contributed by atoms with Gasteiger partial charge < -0.3 is 14.5 Å². The smallest absolute Gasteiger partial charge is 0.251 e. The lowest BCUT2D eigenvalue weighted by Gasteiger charge is -2.04. The van der Waals surface area contributed by atoms with E-state index in [-0.39, 0.29) is 5.91 Å². The van der Waals surface area contributed by atoms with Crippen LogP contribution in [0.3, 0.4) is 0 Å². The van der Waals surface area contributed by atoms with Gasteiger partial charge in [0, 0.05) is 30.9 Å². The van der Waals surface area contributed by atoms with Crippen LogP contribution in [0, 0.1) is 6.92 Å². The highest BCUT2D eigenvalue weighted by molar-refractivity contribution is 5.94. The molecule has 0 aliphatic rings. The van der Waals surface area contributed by atoms with Crippen molar-refractivity contribution in [1.82, 2.24) is 14.7 Å². The highest BCUT2D eigenvalue weighted by atomic mass is 16.5. The van der Waals surface area contributed by atoms with Crippen LogP contribution in [0.2, 0.25) is 0 Å². The number of nitrogens with one attached hydrogen (secondary N) is 1. The van der Waals surface area contributed by atoms with Crippen molar-refractivity contribution in [2.24, 2.45) is 0 Å². The normalized spacial score (nSPS) is 10.7. The Morgan fingerprint density at radius 3 is 2.96 bits per heavy atom. The average molecular weight is 309 g/mol. The first-order chi connectivity index (χ1) is 11.2. The summed E-state index contributed by atoms with van der Waals surface area (Å²) in [5.74, 6) is 0.678. The molecule has 5 nitrogen and oxygen atoms in total. The molecule has 2 aromatic heterocycles. The molecule has 2 heterocycles. The van der Waals surface area contributed by atoms with Gasteiger partial charge in [0.2, 0.25) is 0 Å². The van der Waals surface area contributed by atoms with E-state index in [1.54, 1.807) is 7.11 Å². The Hall–Kier alpha value is -2.82. The second kappa shape index (κ2) is 6.52. The lowest BCUT2D eigenvalue weighted by molar-refractivity contribution is 0.0954. The molecule has 23 heavy (non-hydrogen) atoms. The molecule has 0 spiro atoms. The molecule has 5 heteroatoms. The van der Waals surface area contributed by atoms with Gasteiger partial charge >= 0.3 is 0 Å². The Morgan fingerprint density at radius 1 is 1.30 bits per heavy atom. The largest absolute Gasteiger partial charge is 0.493 e. The van der Waals surface area contributed by atoms with Gasteiger partial charge in [0.15, 0.2) is 11.4 Å². The van der Waals surface area contributed by atoms with Gasteiger partial charge in [-0.2, -0.15) is 0 Å². The molecule has 1 aromatic carbocycles. The zero-order valence-corrected chi connectivity index (χ0v) is 13.2. The predicted molar refractivity (Wildman–Crippen MR) is 89.0 cm³/mol. The summed E-state index contributed by atoms with van der Waals surface area (Å²) < 4.78 is 7.23. The fraction of sp³-hybridized carbons (Fsp3) is 0.222. The minimum absolute atomic E-state index is 0.0601. The molecule has 1 N–H and O–H groups in total. The van der Waals surface area contributed by atoms with Crippen molar-refractivity contribution in [3.8, 4) is 5.75 Å². The number of benzene rings is 1. The molecular weight excluding hydrogens is 290 g/mol. The topological polar surface area (TPSA) is 55.6 Å². The first-order valence-electron chi connectivity index (χ1n) is 7.53. The average Bonchev–Trinajstić information content (AvgIpc) is 2.97. The van der Waals surface area contributed by atoms with E-state index >= 15 is 0 Å². The number of nitrogens with zero attached hydrogens (tertiary/aromatic N) is 2. The Morgan fingerprint density at radius 2 is 2.17 bits per heavy atom. The van der Waals surface area contributed by atoms with Crippen molar-refractivity contribution in [2.75, 3.05) is 13.7 Å². The number of carbonyl (C=O) groups excluding carboxylic acids is 1. The number of carbonyl (C=O) groups is 1. The zero-order chi connectivity index (χ0) is 16.2. The number of imidazole rings is 1. The fourth-order valence-corrected chi connectivity index (χ4v) is 2.51. The highest BCUT2D eigenvalue weighted by Gasteiger charge is 2.08. The third kappa shape index (κ3) is 3.34. The van der Waals surface area contributed by atoms with Gasteiger partial charge in [0.05, 0.1) is 12.8 Å². The summed E-state index contributed by atoms with van der Waals surface area (Å²) in [5, 5.41) is 2.93. The number of aryl methyl sites for hydroxylation is 1. The van der Waals surface area contributed by atoms with Gasteiger partial charge in [0.1, 0.15) is 0 Å². The van der Waals surface area contributed by atoms with E-state index in [0.29, 0.717) is 18.5 Å². The molecule has 0 saturated heterocycles. The molecule has 0 aliphatic heterocycles. The van der Waals surface area contributed by atoms with Crippen molar-refractivity contribution >= 4 is 11.6 Å². The molecular formula is C18H19N3O2. The van der Waals surface area contributed by atoms with Crippen LogP contribution in [0.15, 0.2) is 48.8 Å². The van der Waals surface area contributed by atoms with Gasteiger partial charge in [0.25, 0.3) is 5.91 Å². The highest BCUT2D eigenvalue weighted by Crippen LogP contribution is 2.18. The van der Waals surface area contributed by atoms with Crippen LogP contribution in [-0.4, -0.2) is 28.9 Å². The molecule has 1 amide bonds. The fourth-order valence-electron chi connectivity index (χ4n) is 2.51. The van der Waals surface area contributed by atoms with Crippen molar-refractivity contribution < 1.29 is 9.53 Å². The molecule has 0 fully saturated rings. The van der Waals surface area contributed by atoms with Crippen molar-refractivity contribution in [3.05, 3.63) is 65.6 Å². The maximum atomic E-state index is 12.1. The van der Waals surface area contributed by atoms with E-state index in [0.717, 1.165) is 22.7 Å². The zero-order valence-electron chi connectivity index (χ0n) is 13.2. The van der Waals surface area contributed by atoms with E-state index in [9.17, 15) is 4.79 Å². The van der Waals surface area contributed by atoms with E-state index in [2.05, 4.69) is 10.3 Å². The van der Waals surface area contributed by atoms with Gasteiger partial charge in [-0.05, 0) is 31.2 Å². The van der Waals surface area contributed by atoms with E-state index in [4.69, 9.17) is 4.74 Å². The number of fused-ring (bicyclic) bond motifs is 1. The number of pyridine rings is 1. The van der Waals surface area contributed by atoms with Crippen LogP contribution in [0.4, 0.5) is 0 Å². The van der Waals surface area contributed by atoms with Crippen molar-refractivity contribution in [3.63, 3.8) is 0 Å². The molecule has 0 atom stereocenters.